The van der Waals surface area contributed by atoms with Crippen molar-refractivity contribution in [3.63, 3.8) is 0 Å². The summed E-state index contributed by atoms with van der Waals surface area (Å²) < 4.78 is 0. The summed E-state index contributed by atoms with van der Waals surface area (Å²) in [6.45, 7) is 4.64. The van der Waals surface area contributed by atoms with Crippen LogP contribution in [0.15, 0.2) is 24.3 Å². The fourth-order valence-electron chi connectivity index (χ4n) is 4.10. The van der Waals surface area contributed by atoms with Gasteiger partial charge in [-0.1, -0.05) is 44.5 Å². The number of hydrogen-bond donors (Lipinski definition) is 1. The van der Waals surface area contributed by atoms with E-state index in [9.17, 15) is 5.11 Å². The van der Waals surface area contributed by atoms with Crippen molar-refractivity contribution in [2.45, 2.75) is 58.0 Å². The highest BCUT2D eigenvalue weighted by molar-refractivity contribution is 5.39. The van der Waals surface area contributed by atoms with Crippen LogP contribution in [0.25, 0.3) is 0 Å². The second-order valence-corrected chi connectivity index (χ2v) is 6.89. The Morgan fingerprint density at radius 3 is 2.78 bits per heavy atom. The monoisotopic (exact) mass is 244 g/mol. The summed E-state index contributed by atoms with van der Waals surface area (Å²) in [4.78, 5) is 0. The standard InChI is InChI=1S/C17H24O/c1-17(2)9-5-8-15(17)16(18)11-13-10-12-6-3-4-7-14(12)13/h3-4,6-7,13,15-16,18H,5,8-11H2,1-2H3. The van der Waals surface area contributed by atoms with Gasteiger partial charge >= 0.3 is 0 Å². The van der Waals surface area contributed by atoms with Gasteiger partial charge in [-0.2, -0.15) is 0 Å². The highest BCUT2D eigenvalue weighted by atomic mass is 16.3. The molecule has 0 spiro atoms. The van der Waals surface area contributed by atoms with Gasteiger partial charge in [0.05, 0.1) is 6.10 Å². The van der Waals surface area contributed by atoms with Crippen LogP contribution in [-0.2, 0) is 6.42 Å². The zero-order valence-corrected chi connectivity index (χ0v) is 11.5. The molecule has 1 saturated carbocycles. The number of hydrogen-bond acceptors (Lipinski definition) is 1. The van der Waals surface area contributed by atoms with Crippen molar-refractivity contribution < 1.29 is 5.11 Å². The van der Waals surface area contributed by atoms with E-state index < -0.39 is 0 Å². The first kappa shape index (κ1) is 12.2. The SMILES string of the molecule is CC1(C)CCCC1C(O)CC1Cc2ccccc21. The Morgan fingerprint density at radius 2 is 2.11 bits per heavy atom. The molecule has 2 aliphatic rings. The smallest absolute Gasteiger partial charge is 0.0579 e. The van der Waals surface area contributed by atoms with Gasteiger partial charge in [-0.25, -0.2) is 0 Å². The van der Waals surface area contributed by atoms with Gasteiger partial charge in [0.1, 0.15) is 0 Å². The van der Waals surface area contributed by atoms with Gasteiger partial charge in [0.2, 0.25) is 0 Å². The summed E-state index contributed by atoms with van der Waals surface area (Å²) in [6.07, 6.45) is 5.79. The Labute approximate surface area is 110 Å². The molecule has 1 nitrogen and oxygen atoms in total. The number of fused-ring (bicyclic) bond motifs is 1. The van der Waals surface area contributed by atoms with Crippen LogP contribution in [0.2, 0.25) is 0 Å². The van der Waals surface area contributed by atoms with E-state index in [2.05, 4.69) is 38.1 Å². The van der Waals surface area contributed by atoms with Crippen molar-refractivity contribution in [1.29, 1.82) is 0 Å². The minimum absolute atomic E-state index is 0.110. The third kappa shape index (κ3) is 1.99. The van der Waals surface area contributed by atoms with E-state index in [1.165, 1.54) is 36.8 Å². The number of aliphatic hydroxyl groups is 1. The largest absolute Gasteiger partial charge is 0.393 e. The van der Waals surface area contributed by atoms with Crippen molar-refractivity contribution in [1.82, 2.24) is 0 Å². The van der Waals surface area contributed by atoms with Crippen LogP contribution in [0.5, 0.6) is 0 Å². The molecule has 0 heterocycles. The molecular formula is C17H24O. The summed E-state index contributed by atoms with van der Waals surface area (Å²) in [5, 5.41) is 10.5. The second-order valence-electron chi connectivity index (χ2n) is 6.89. The Bertz CT molecular complexity index is 435. The molecule has 3 atom stereocenters. The predicted octanol–water partition coefficient (Wildman–Crippen LogP) is 3.90. The lowest BCUT2D eigenvalue weighted by atomic mass is 9.70. The molecule has 18 heavy (non-hydrogen) atoms. The van der Waals surface area contributed by atoms with E-state index in [0.29, 0.717) is 17.3 Å². The summed E-state index contributed by atoms with van der Waals surface area (Å²) >= 11 is 0. The molecule has 0 aromatic heterocycles. The predicted molar refractivity (Wildman–Crippen MR) is 74.6 cm³/mol. The lowest BCUT2D eigenvalue weighted by Gasteiger charge is -2.36. The van der Waals surface area contributed by atoms with Gasteiger partial charge < -0.3 is 5.11 Å². The average Bonchev–Trinajstić information content (AvgIpc) is 2.66. The van der Waals surface area contributed by atoms with E-state index in [1.54, 1.807) is 0 Å². The average molecular weight is 244 g/mol. The normalized spacial score (nSPS) is 30.6. The van der Waals surface area contributed by atoms with Gasteiger partial charge in [-0.3, -0.25) is 0 Å². The van der Waals surface area contributed by atoms with E-state index in [-0.39, 0.29) is 6.10 Å². The lowest BCUT2D eigenvalue weighted by molar-refractivity contribution is 0.0404. The summed E-state index contributed by atoms with van der Waals surface area (Å²) in [5.74, 6) is 1.11. The zero-order valence-electron chi connectivity index (χ0n) is 11.5. The van der Waals surface area contributed by atoms with Crippen molar-refractivity contribution >= 4 is 0 Å². The highest BCUT2D eigenvalue weighted by Crippen LogP contribution is 2.47. The minimum Gasteiger partial charge on any atom is -0.393 e. The minimum atomic E-state index is -0.110. The third-order valence-electron chi connectivity index (χ3n) is 5.29. The first-order valence-electron chi connectivity index (χ1n) is 7.34. The third-order valence-corrected chi connectivity index (χ3v) is 5.29. The molecule has 1 heteroatoms. The van der Waals surface area contributed by atoms with Gasteiger partial charge in [0.15, 0.2) is 0 Å². The van der Waals surface area contributed by atoms with Crippen LogP contribution in [0.1, 0.15) is 56.6 Å². The Kier molecular flexibility index (Phi) is 2.97. The molecule has 98 valence electrons. The molecule has 0 saturated heterocycles. The summed E-state index contributed by atoms with van der Waals surface area (Å²) in [6, 6.07) is 8.69. The van der Waals surface area contributed by atoms with E-state index in [0.717, 1.165) is 6.42 Å². The van der Waals surface area contributed by atoms with E-state index in [4.69, 9.17) is 0 Å². The maximum Gasteiger partial charge on any atom is 0.0579 e. The molecule has 0 bridgehead atoms. The Morgan fingerprint density at radius 1 is 1.33 bits per heavy atom. The number of aliphatic hydroxyl groups excluding tert-OH is 1. The molecule has 2 aliphatic carbocycles. The molecule has 1 fully saturated rings. The van der Waals surface area contributed by atoms with Crippen molar-refractivity contribution in [2.24, 2.45) is 11.3 Å². The molecular weight excluding hydrogens is 220 g/mol. The van der Waals surface area contributed by atoms with Crippen molar-refractivity contribution in [3.8, 4) is 0 Å². The van der Waals surface area contributed by atoms with Crippen molar-refractivity contribution in [3.05, 3.63) is 35.4 Å². The second kappa shape index (κ2) is 4.38. The van der Waals surface area contributed by atoms with E-state index >= 15 is 0 Å². The Balaban J connectivity index is 1.65. The maximum absolute atomic E-state index is 10.5. The van der Waals surface area contributed by atoms with Crippen LogP contribution < -0.4 is 0 Å². The first-order chi connectivity index (χ1) is 8.58. The molecule has 1 aromatic carbocycles. The fourth-order valence-corrected chi connectivity index (χ4v) is 4.10. The molecule has 0 aliphatic heterocycles. The quantitative estimate of drug-likeness (QED) is 0.855. The molecule has 1 N–H and O–H groups in total. The number of benzene rings is 1. The maximum atomic E-state index is 10.5. The fraction of sp³-hybridized carbons (Fsp3) is 0.647. The molecule has 0 radical (unpaired) electrons. The molecule has 3 unspecified atom stereocenters. The van der Waals surface area contributed by atoms with Gasteiger partial charge in [0.25, 0.3) is 0 Å². The highest BCUT2D eigenvalue weighted by Gasteiger charge is 2.40. The molecule has 1 aromatic rings. The summed E-state index contributed by atoms with van der Waals surface area (Å²) in [7, 11) is 0. The van der Waals surface area contributed by atoms with Crippen LogP contribution in [0.3, 0.4) is 0 Å². The zero-order chi connectivity index (χ0) is 12.8. The van der Waals surface area contributed by atoms with Crippen LogP contribution in [0.4, 0.5) is 0 Å². The van der Waals surface area contributed by atoms with Gasteiger partial charge in [0, 0.05) is 0 Å². The molecule has 3 rings (SSSR count). The van der Waals surface area contributed by atoms with Crippen molar-refractivity contribution in [2.75, 3.05) is 0 Å². The number of rotatable bonds is 3. The van der Waals surface area contributed by atoms with Gasteiger partial charge in [-0.05, 0) is 54.1 Å². The lowest BCUT2D eigenvalue weighted by Crippen LogP contribution is -2.33. The van der Waals surface area contributed by atoms with Crippen LogP contribution >= 0.6 is 0 Å². The first-order valence-corrected chi connectivity index (χ1v) is 7.34. The van der Waals surface area contributed by atoms with Crippen LogP contribution in [0, 0.1) is 11.3 Å². The topological polar surface area (TPSA) is 20.2 Å². The molecule has 0 amide bonds. The Hall–Kier alpha value is -0.820. The van der Waals surface area contributed by atoms with Gasteiger partial charge in [-0.15, -0.1) is 0 Å². The summed E-state index contributed by atoms with van der Waals surface area (Å²) in [5.41, 5.74) is 3.30. The van der Waals surface area contributed by atoms with Crippen LogP contribution in [-0.4, -0.2) is 11.2 Å². The van der Waals surface area contributed by atoms with E-state index in [1.807, 2.05) is 0 Å².